The molecule has 0 aliphatic carbocycles. The number of carboxylic acid groups (broad SMARTS) is 1. The topological polar surface area (TPSA) is 74.7 Å². The standard InChI is InChI=1S/C15H17NO4S/c1-10(17)21-7-6-14(18)16-9-12-5-3-2-4-11(12)8-13(16)15(19)20/h2-5,13H,6-9H2,1H3,(H,19,20)/t13-/m0/s1. The number of rotatable bonds is 4. The summed E-state index contributed by atoms with van der Waals surface area (Å²) < 4.78 is 0. The summed E-state index contributed by atoms with van der Waals surface area (Å²) in [6.07, 6.45) is 0.507. The van der Waals surface area contributed by atoms with E-state index in [2.05, 4.69) is 0 Å². The lowest BCUT2D eigenvalue weighted by Crippen LogP contribution is -2.48. The van der Waals surface area contributed by atoms with Gasteiger partial charge in [-0.15, -0.1) is 0 Å². The molecule has 0 aromatic heterocycles. The SMILES string of the molecule is CC(=O)SCCC(=O)N1Cc2ccccc2C[C@H]1C(=O)O. The Morgan fingerprint density at radius 2 is 1.95 bits per heavy atom. The van der Waals surface area contributed by atoms with Crippen molar-refractivity contribution in [3.8, 4) is 0 Å². The Morgan fingerprint density at radius 3 is 2.57 bits per heavy atom. The van der Waals surface area contributed by atoms with Crippen LogP contribution in [0, 0.1) is 0 Å². The highest BCUT2D eigenvalue weighted by atomic mass is 32.2. The molecule has 21 heavy (non-hydrogen) atoms. The average Bonchev–Trinajstić information content (AvgIpc) is 2.45. The molecule has 0 fully saturated rings. The number of hydrogen-bond acceptors (Lipinski definition) is 4. The number of hydrogen-bond donors (Lipinski definition) is 1. The molecular weight excluding hydrogens is 290 g/mol. The molecule has 1 aliphatic heterocycles. The number of benzene rings is 1. The van der Waals surface area contributed by atoms with E-state index in [1.54, 1.807) is 0 Å². The molecule has 112 valence electrons. The lowest BCUT2D eigenvalue weighted by molar-refractivity contribution is -0.151. The van der Waals surface area contributed by atoms with Gasteiger partial charge in [-0.05, 0) is 11.1 Å². The van der Waals surface area contributed by atoms with Crippen LogP contribution in [0.3, 0.4) is 0 Å². The maximum Gasteiger partial charge on any atom is 0.326 e. The zero-order chi connectivity index (χ0) is 15.4. The first-order chi connectivity index (χ1) is 9.99. The summed E-state index contributed by atoms with van der Waals surface area (Å²) in [6, 6.07) is 6.75. The fourth-order valence-electron chi connectivity index (χ4n) is 2.43. The van der Waals surface area contributed by atoms with Gasteiger partial charge in [0, 0.05) is 32.1 Å². The van der Waals surface area contributed by atoms with Crippen LogP contribution in [-0.4, -0.2) is 38.8 Å². The number of amides is 1. The van der Waals surface area contributed by atoms with E-state index in [0.29, 0.717) is 18.7 Å². The van der Waals surface area contributed by atoms with Gasteiger partial charge in [-0.25, -0.2) is 4.79 Å². The third-order valence-corrected chi connectivity index (χ3v) is 4.29. The minimum absolute atomic E-state index is 0.0402. The summed E-state index contributed by atoms with van der Waals surface area (Å²) in [4.78, 5) is 35.9. The monoisotopic (exact) mass is 307 g/mol. The van der Waals surface area contributed by atoms with Crippen molar-refractivity contribution < 1.29 is 19.5 Å². The van der Waals surface area contributed by atoms with E-state index >= 15 is 0 Å². The van der Waals surface area contributed by atoms with Gasteiger partial charge in [0.1, 0.15) is 6.04 Å². The Kier molecular flexibility index (Phi) is 5.01. The maximum absolute atomic E-state index is 12.2. The molecule has 0 unspecified atom stereocenters. The Labute approximate surface area is 127 Å². The molecule has 6 heteroatoms. The Hall–Kier alpha value is -1.82. The number of nitrogens with zero attached hydrogens (tertiary/aromatic N) is 1. The van der Waals surface area contributed by atoms with Gasteiger partial charge in [-0.3, -0.25) is 9.59 Å². The minimum atomic E-state index is -0.989. The van der Waals surface area contributed by atoms with Crippen LogP contribution in [0.1, 0.15) is 24.5 Å². The second-order valence-electron chi connectivity index (χ2n) is 4.94. The molecule has 1 atom stereocenters. The first kappa shape index (κ1) is 15.6. The molecule has 1 amide bonds. The lowest BCUT2D eigenvalue weighted by atomic mass is 9.94. The zero-order valence-electron chi connectivity index (χ0n) is 11.7. The van der Waals surface area contributed by atoms with Crippen molar-refractivity contribution >= 4 is 28.8 Å². The van der Waals surface area contributed by atoms with E-state index in [1.807, 2.05) is 24.3 Å². The molecule has 1 N–H and O–H groups in total. The van der Waals surface area contributed by atoms with Gasteiger partial charge >= 0.3 is 5.97 Å². The summed E-state index contributed by atoms with van der Waals surface area (Å²) >= 11 is 1.08. The van der Waals surface area contributed by atoms with Crippen molar-refractivity contribution in [1.82, 2.24) is 4.90 Å². The van der Waals surface area contributed by atoms with Gasteiger partial charge in [-0.1, -0.05) is 36.0 Å². The molecule has 0 spiro atoms. The van der Waals surface area contributed by atoms with E-state index in [-0.39, 0.29) is 17.4 Å². The van der Waals surface area contributed by atoms with Gasteiger partial charge in [0.25, 0.3) is 0 Å². The van der Waals surface area contributed by atoms with Crippen LogP contribution in [-0.2, 0) is 27.3 Å². The Morgan fingerprint density at radius 1 is 1.29 bits per heavy atom. The van der Waals surface area contributed by atoms with Crippen molar-refractivity contribution in [2.45, 2.75) is 32.4 Å². The van der Waals surface area contributed by atoms with Crippen molar-refractivity contribution in [2.75, 3.05) is 5.75 Å². The van der Waals surface area contributed by atoms with Crippen LogP contribution < -0.4 is 0 Å². The molecule has 0 saturated heterocycles. The van der Waals surface area contributed by atoms with Crippen LogP contribution in [0.15, 0.2) is 24.3 Å². The number of carbonyl (C=O) groups is 3. The predicted octanol–water partition coefficient (Wildman–Crippen LogP) is 1.69. The summed E-state index contributed by atoms with van der Waals surface area (Å²) in [5.74, 6) is -0.818. The first-order valence-electron chi connectivity index (χ1n) is 6.71. The summed E-state index contributed by atoms with van der Waals surface area (Å²) in [5, 5.41) is 9.30. The van der Waals surface area contributed by atoms with Crippen molar-refractivity contribution in [3.05, 3.63) is 35.4 Å². The normalized spacial score (nSPS) is 17.2. The van der Waals surface area contributed by atoms with Gasteiger partial charge in [0.2, 0.25) is 5.91 Å². The summed E-state index contributed by atoms with van der Waals surface area (Å²) in [5.41, 5.74) is 1.97. The molecular formula is C15H17NO4S. The Bertz CT molecular complexity index is 573. The molecule has 0 radical (unpaired) electrons. The van der Waals surface area contributed by atoms with Crippen molar-refractivity contribution in [3.63, 3.8) is 0 Å². The summed E-state index contributed by atoms with van der Waals surface area (Å²) in [6.45, 7) is 1.77. The lowest BCUT2D eigenvalue weighted by Gasteiger charge is -2.34. The van der Waals surface area contributed by atoms with Crippen LogP contribution in [0.2, 0.25) is 0 Å². The molecule has 1 aromatic carbocycles. The number of carboxylic acids is 1. The van der Waals surface area contributed by atoms with Crippen LogP contribution in [0.25, 0.3) is 0 Å². The van der Waals surface area contributed by atoms with Crippen LogP contribution >= 0.6 is 11.8 Å². The highest BCUT2D eigenvalue weighted by Gasteiger charge is 2.33. The molecule has 0 saturated carbocycles. The van der Waals surface area contributed by atoms with Gasteiger partial charge < -0.3 is 10.0 Å². The highest BCUT2D eigenvalue weighted by molar-refractivity contribution is 8.13. The fourth-order valence-corrected chi connectivity index (χ4v) is 3.00. The Balaban J connectivity index is 2.11. The molecule has 1 aromatic rings. The molecule has 0 bridgehead atoms. The number of fused-ring (bicyclic) bond motifs is 1. The van der Waals surface area contributed by atoms with E-state index in [9.17, 15) is 19.5 Å². The fraction of sp³-hybridized carbons (Fsp3) is 0.400. The second-order valence-corrected chi connectivity index (χ2v) is 6.21. The largest absolute Gasteiger partial charge is 0.480 e. The number of thioether (sulfide) groups is 1. The minimum Gasteiger partial charge on any atom is -0.480 e. The van der Waals surface area contributed by atoms with E-state index in [4.69, 9.17) is 0 Å². The third-order valence-electron chi connectivity index (χ3n) is 3.48. The van der Waals surface area contributed by atoms with E-state index in [1.165, 1.54) is 11.8 Å². The van der Waals surface area contributed by atoms with Crippen molar-refractivity contribution in [2.24, 2.45) is 0 Å². The molecule has 1 aliphatic rings. The number of carbonyl (C=O) groups excluding carboxylic acids is 2. The summed E-state index contributed by atoms with van der Waals surface area (Å²) in [7, 11) is 0. The van der Waals surface area contributed by atoms with Crippen LogP contribution in [0.4, 0.5) is 0 Å². The smallest absolute Gasteiger partial charge is 0.326 e. The number of aliphatic carboxylic acids is 1. The molecule has 1 heterocycles. The average molecular weight is 307 g/mol. The molecule has 2 rings (SSSR count). The van der Waals surface area contributed by atoms with Gasteiger partial charge in [0.15, 0.2) is 5.12 Å². The van der Waals surface area contributed by atoms with Crippen molar-refractivity contribution in [1.29, 1.82) is 0 Å². The second kappa shape index (κ2) is 6.76. The maximum atomic E-state index is 12.2. The quantitative estimate of drug-likeness (QED) is 0.916. The van der Waals surface area contributed by atoms with E-state index < -0.39 is 12.0 Å². The van der Waals surface area contributed by atoms with E-state index in [0.717, 1.165) is 22.9 Å². The van der Waals surface area contributed by atoms with Gasteiger partial charge in [0.05, 0.1) is 0 Å². The van der Waals surface area contributed by atoms with Crippen LogP contribution in [0.5, 0.6) is 0 Å². The first-order valence-corrected chi connectivity index (χ1v) is 7.70. The zero-order valence-corrected chi connectivity index (χ0v) is 12.6. The molecule has 5 nitrogen and oxygen atoms in total. The predicted molar refractivity (Wildman–Crippen MR) is 79.9 cm³/mol. The van der Waals surface area contributed by atoms with Gasteiger partial charge in [-0.2, -0.15) is 0 Å². The third kappa shape index (κ3) is 3.85. The highest BCUT2D eigenvalue weighted by Crippen LogP contribution is 2.24.